The van der Waals surface area contributed by atoms with Gasteiger partial charge in [-0.2, -0.15) is 9.97 Å². The van der Waals surface area contributed by atoms with Crippen molar-refractivity contribution < 1.29 is 32.9 Å². The zero-order valence-electron chi connectivity index (χ0n) is 23.9. The number of anilines is 1. The van der Waals surface area contributed by atoms with Crippen LogP contribution in [-0.4, -0.2) is 88.9 Å². The molecular formula is C33H31F3N4O4. The second kappa shape index (κ2) is 11.1. The van der Waals surface area contributed by atoms with Crippen LogP contribution < -0.4 is 9.64 Å². The topological polar surface area (TPSA) is 91.2 Å². The molecule has 3 aromatic carbocycles. The first kappa shape index (κ1) is 28.6. The first-order valence-electron chi connectivity index (χ1n) is 14.7. The summed E-state index contributed by atoms with van der Waals surface area (Å²) in [6.45, 7) is 2.20. The Bertz CT molecular complexity index is 1810. The molecule has 3 aliphatic heterocycles. The molecule has 0 spiro atoms. The standard InChI is InChI=1S/C33H31F3N4O4/c1-2-23-27(35)7-4-19-12-21(42)13-26(28(19)23)24-5-6-25-30(29(24)36)37-32(38-31(25)39-10-11-43-22(16-39)17-41)44-18-33-8-3-9-40(33)15-20(34)14-33/h1,4-7,12-13,20,22,41-42H,3,8-11,14-18H2/t20-,22+,33+/m1/s1. The summed E-state index contributed by atoms with van der Waals surface area (Å²) in [6, 6.07) is 8.62. The molecule has 0 radical (unpaired) electrons. The highest BCUT2D eigenvalue weighted by Crippen LogP contribution is 2.42. The summed E-state index contributed by atoms with van der Waals surface area (Å²) in [6.07, 6.45) is 6.34. The molecule has 0 unspecified atom stereocenters. The SMILES string of the molecule is C#Cc1c(F)ccc2cc(O)cc(-c3ccc4c(N5CCO[C@H](CO)C5)nc(OC[C@@]56CCCN5C[C@H](F)C6)nc4c3F)c12. The van der Waals surface area contributed by atoms with Crippen molar-refractivity contribution in [1.29, 1.82) is 0 Å². The van der Waals surface area contributed by atoms with Gasteiger partial charge in [0.15, 0.2) is 5.82 Å². The van der Waals surface area contributed by atoms with Crippen LogP contribution in [0, 0.1) is 24.0 Å². The average Bonchev–Trinajstić information content (AvgIpc) is 3.55. The van der Waals surface area contributed by atoms with Crippen LogP contribution in [0.4, 0.5) is 19.0 Å². The molecule has 0 aliphatic carbocycles. The zero-order valence-corrected chi connectivity index (χ0v) is 23.9. The van der Waals surface area contributed by atoms with Gasteiger partial charge in [0.25, 0.3) is 0 Å². The third kappa shape index (κ3) is 4.78. The van der Waals surface area contributed by atoms with Crippen LogP contribution in [0.1, 0.15) is 24.8 Å². The van der Waals surface area contributed by atoms with Gasteiger partial charge in [0.1, 0.15) is 35.7 Å². The number of hydrogen-bond acceptors (Lipinski definition) is 8. The maximum atomic E-state index is 16.7. The third-order valence-electron chi connectivity index (χ3n) is 9.13. The maximum Gasteiger partial charge on any atom is 0.319 e. The summed E-state index contributed by atoms with van der Waals surface area (Å²) in [7, 11) is 0. The molecule has 4 heterocycles. The number of alkyl halides is 1. The van der Waals surface area contributed by atoms with Crippen molar-refractivity contribution in [2.24, 2.45) is 0 Å². The number of aliphatic hydroxyl groups is 1. The Balaban J connectivity index is 1.38. The Morgan fingerprint density at radius 2 is 1.98 bits per heavy atom. The van der Waals surface area contributed by atoms with Crippen LogP contribution in [0.25, 0.3) is 32.8 Å². The Morgan fingerprint density at radius 3 is 2.80 bits per heavy atom. The van der Waals surface area contributed by atoms with E-state index in [2.05, 4.69) is 15.8 Å². The monoisotopic (exact) mass is 604 g/mol. The number of aliphatic hydroxyl groups excluding tert-OH is 1. The number of nitrogens with zero attached hydrogens (tertiary/aromatic N) is 4. The number of terminal acetylenes is 1. The van der Waals surface area contributed by atoms with Gasteiger partial charge in [0.2, 0.25) is 0 Å². The molecular weight excluding hydrogens is 573 g/mol. The van der Waals surface area contributed by atoms with Gasteiger partial charge in [-0.25, -0.2) is 13.2 Å². The molecule has 44 heavy (non-hydrogen) atoms. The van der Waals surface area contributed by atoms with E-state index in [0.717, 1.165) is 19.4 Å². The Morgan fingerprint density at radius 1 is 1.11 bits per heavy atom. The fraction of sp³-hybridized carbons (Fsp3) is 0.394. The van der Waals surface area contributed by atoms with E-state index < -0.39 is 29.4 Å². The summed E-state index contributed by atoms with van der Waals surface area (Å²) >= 11 is 0. The molecule has 3 atom stereocenters. The molecule has 3 saturated heterocycles. The highest BCUT2D eigenvalue weighted by atomic mass is 19.1. The number of ether oxygens (including phenoxy) is 2. The van der Waals surface area contributed by atoms with Crippen LogP contribution in [0.2, 0.25) is 0 Å². The predicted octanol–water partition coefficient (Wildman–Crippen LogP) is 4.57. The predicted molar refractivity (Wildman–Crippen MR) is 160 cm³/mol. The maximum absolute atomic E-state index is 16.7. The van der Waals surface area contributed by atoms with Crippen molar-refractivity contribution in [2.45, 2.75) is 37.1 Å². The summed E-state index contributed by atoms with van der Waals surface area (Å²) < 4.78 is 57.7. The fourth-order valence-corrected chi connectivity index (χ4v) is 7.09. The molecule has 11 heteroatoms. The Hall–Kier alpha value is -4.11. The van der Waals surface area contributed by atoms with Crippen molar-refractivity contribution in [2.75, 3.05) is 50.9 Å². The van der Waals surface area contributed by atoms with Crippen LogP contribution >= 0.6 is 0 Å². The van der Waals surface area contributed by atoms with Crippen LogP contribution in [0.15, 0.2) is 36.4 Å². The molecule has 8 nitrogen and oxygen atoms in total. The van der Waals surface area contributed by atoms with Gasteiger partial charge in [-0.05, 0) is 54.6 Å². The lowest BCUT2D eigenvalue weighted by atomic mass is 9.93. The van der Waals surface area contributed by atoms with Gasteiger partial charge in [-0.1, -0.05) is 18.1 Å². The number of halogens is 3. The minimum Gasteiger partial charge on any atom is -0.508 e. The molecule has 0 bridgehead atoms. The number of fused-ring (bicyclic) bond motifs is 3. The number of rotatable bonds is 6. The van der Waals surface area contributed by atoms with Crippen molar-refractivity contribution in [1.82, 2.24) is 14.9 Å². The third-order valence-corrected chi connectivity index (χ3v) is 9.13. The normalized spacial score (nSPS) is 23.8. The van der Waals surface area contributed by atoms with E-state index >= 15 is 4.39 Å². The number of morpholine rings is 1. The van der Waals surface area contributed by atoms with Crippen molar-refractivity contribution in [3.63, 3.8) is 0 Å². The second-order valence-electron chi connectivity index (χ2n) is 11.8. The van der Waals surface area contributed by atoms with Crippen LogP contribution in [0.3, 0.4) is 0 Å². The van der Waals surface area contributed by atoms with Gasteiger partial charge in [-0.3, -0.25) is 4.90 Å². The number of aromatic nitrogens is 2. The van der Waals surface area contributed by atoms with E-state index in [4.69, 9.17) is 20.9 Å². The minimum absolute atomic E-state index is 0.0414. The van der Waals surface area contributed by atoms with Gasteiger partial charge < -0.3 is 24.6 Å². The van der Waals surface area contributed by atoms with Gasteiger partial charge in [0.05, 0.1) is 30.4 Å². The molecule has 3 aliphatic rings. The van der Waals surface area contributed by atoms with E-state index in [1.165, 1.54) is 30.3 Å². The Labute approximate surface area is 252 Å². The smallest absolute Gasteiger partial charge is 0.319 e. The first-order valence-corrected chi connectivity index (χ1v) is 14.7. The molecule has 4 aromatic rings. The van der Waals surface area contributed by atoms with Crippen molar-refractivity contribution in [3.8, 4) is 35.2 Å². The average molecular weight is 605 g/mol. The highest BCUT2D eigenvalue weighted by Gasteiger charge is 2.49. The van der Waals surface area contributed by atoms with Crippen LogP contribution in [0.5, 0.6) is 11.8 Å². The summed E-state index contributed by atoms with van der Waals surface area (Å²) in [4.78, 5) is 13.2. The minimum atomic E-state index is -0.939. The molecule has 0 amide bonds. The largest absolute Gasteiger partial charge is 0.508 e. The molecule has 1 aromatic heterocycles. The lowest BCUT2D eigenvalue weighted by Crippen LogP contribution is -2.45. The van der Waals surface area contributed by atoms with Gasteiger partial charge >= 0.3 is 6.01 Å². The van der Waals surface area contributed by atoms with Crippen molar-refractivity contribution >= 4 is 27.5 Å². The zero-order chi connectivity index (χ0) is 30.6. The number of hydrogen-bond donors (Lipinski definition) is 2. The Kier molecular flexibility index (Phi) is 7.23. The lowest BCUT2D eigenvalue weighted by Gasteiger charge is -2.34. The van der Waals surface area contributed by atoms with Crippen molar-refractivity contribution in [3.05, 3.63) is 53.6 Å². The molecule has 3 fully saturated rings. The van der Waals surface area contributed by atoms with Gasteiger partial charge in [-0.15, -0.1) is 6.42 Å². The number of phenols is 1. The van der Waals surface area contributed by atoms with E-state index in [-0.39, 0.29) is 52.6 Å². The number of phenolic OH excluding ortho intramolecular Hbond substituents is 1. The van der Waals surface area contributed by atoms with E-state index in [1.807, 2.05) is 4.90 Å². The quantitative estimate of drug-likeness (QED) is 0.310. The highest BCUT2D eigenvalue weighted by molar-refractivity contribution is 6.04. The van der Waals surface area contributed by atoms with E-state index in [9.17, 15) is 19.0 Å². The summed E-state index contributed by atoms with van der Waals surface area (Å²) in [5.74, 6) is 1.27. The second-order valence-corrected chi connectivity index (χ2v) is 11.8. The summed E-state index contributed by atoms with van der Waals surface area (Å²) in [5.41, 5.74) is -0.282. The molecule has 0 saturated carbocycles. The van der Waals surface area contributed by atoms with Gasteiger partial charge in [0, 0.05) is 42.4 Å². The van der Waals surface area contributed by atoms with Crippen LogP contribution in [-0.2, 0) is 4.74 Å². The molecule has 228 valence electrons. The van der Waals surface area contributed by atoms with E-state index in [0.29, 0.717) is 49.3 Å². The molecule has 7 rings (SSSR count). The number of aromatic hydroxyl groups is 1. The summed E-state index contributed by atoms with van der Waals surface area (Å²) in [5, 5.41) is 21.4. The number of benzene rings is 3. The van der Waals surface area contributed by atoms with E-state index in [1.54, 1.807) is 6.07 Å². The fourth-order valence-electron chi connectivity index (χ4n) is 7.09. The first-order chi connectivity index (χ1) is 21.3. The lowest BCUT2D eigenvalue weighted by molar-refractivity contribution is 0.00339. The molecule has 2 N–H and O–H groups in total.